The molecule has 0 aliphatic heterocycles. The van der Waals surface area contributed by atoms with Crippen LogP contribution in [0.25, 0.3) is 0 Å². The topological polar surface area (TPSA) is 42.8 Å². The van der Waals surface area contributed by atoms with Gasteiger partial charge < -0.3 is 9.47 Å². The molecule has 0 aliphatic carbocycles. The van der Waals surface area contributed by atoms with Gasteiger partial charge in [0.05, 0.1) is 19.0 Å². The zero-order chi connectivity index (χ0) is 19.1. The minimum atomic E-state index is -0.289. The summed E-state index contributed by atoms with van der Waals surface area (Å²) in [6.07, 6.45) is 1.65. The smallest absolute Gasteiger partial charge is 0.161 e. The number of hydrogen-bond acceptors (Lipinski definition) is 4. The van der Waals surface area contributed by atoms with Crippen LogP contribution in [0.3, 0.4) is 0 Å². The molecule has 138 valence electrons. The molecule has 0 radical (unpaired) electrons. The number of rotatable bonds is 7. The Kier molecular flexibility index (Phi) is 6.28. The molecular weight excluding hydrogens is 367 g/mol. The van der Waals surface area contributed by atoms with Gasteiger partial charge in [-0.3, -0.25) is 5.43 Å². The first-order valence-corrected chi connectivity index (χ1v) is 8.62. The van der Waals surface area contributed by atoms with Gasteiger partial charge in [-0.05, 0) is 65.7 Å². The fourth-order valence-corrected chi connectivity index (χ4v) is 2.59. The van der Waals surface area contributed by atoms with Gasteiger partial charge in [0.15, 0.2) is 11.5 Å². The van der Waals surface area contributed by atoms with Crippen molar-refractivity contribution in [1.29, 1.82) is 0 Å². The summed E-state index contributed by atoms with van der Waals surface area (Å²) in [4.78, 5) is 0. The second kappa shape index (κ2) is 9.05. The third-order valence-electron chi connectivity index (χ3n) is 3.72. The average Bonchev–Trinajstić information content (AvgIpc) is 2.68. The first-order valence-electron chi connectivity index (χ1n) is 8.24. The number of anilines is 1. The standard InChI is InChI=1S/C21H18ClFN2O2/c1-26-21-12-15(13-24-25-19-8-6-18(23)7-9-19)5-10-20(21)27-14-16-3-2-4-17(22)11-16/h2-13,25H,14H2,1H3/b24-13+. The Morgan fingerprint density at radius 2 is 1.85 bits per heavy atom. The molecule has 0 aliphatic rings. The van der Waals surface area contributed by atoms with Gasteiger partial charge >= 0.3 is 0 Å². The van der Waals surface area contributed by atoms with Gasteiger partial charge in [0.2, 0.25) is 0 Å². The summed E-state index contributed by atoms with van der Waals surface area (Å²) in [5, 5.41) is 4.81. The minimum absolute atomic E-state index is 0.289. The number of ether oxygens (including phenoxy) is 2. The van der Waals surface area contributed by atoms with Crippen molar-refractivity contribution in [2.45, 2.75) is 6.61 Å². The van der Waals surface area contributed by atoms with Crippen molar-refractivity contribution >= 4 is 23.5 Å². The molecule has 0 spiro atoms. The molecule has 3 aromatic rings. The van der Waals surface area contributed by atoms with Gasteiger partial charge in [-0.2, -0.15) is 5.10 Å². The van der Waals surface area contributed by atoms with Crippen molar-refractivity contribution in [3.8, 4) is 11.5 Å². The molecule has 0 fully saturated rings. The number of halogens is 2. The molecule has 0 atom stereocenters. The van der Waals surface area contributed by atoms with Crippen LogP contribution in [0, 0.1) is 5.82 Å². The maximum absolute atomic E-state index is 12.9. The molecule has 0 bridgehead atoms. The van der Waals surface area contributed by atoms with E-state index >= 15 is 0 Å². The zero-order valence-electron chi connectivity index (χ0n) is 14.7. The van der Waals surface area contributed by atoms with E-state index in [0.29, 0.717) is 28.8 Å². The number of methoxy groups -OCH3 is 1. The zero-order valence-corrected chi connectivity index (χ0v) is 15.4. The lowest BCUT2D eigenvalue weighted by Gasteiger charge is -2.11. The molecule has 3 rings (SSSR count). The fraction of sp³-hybridized carbons (Fsp3) is 0.0952. The Morgan fingerprint density at radius 3 is 2.59 bits per heavy atom. The van der Waals surface area contributed by atoms with Crippen LogP contribution >= 0.6 is 11.6 Å². The highest BCUT2D eigenvalue weighted by atomic mass is 35.5. The molecule has 1 N–H and O–H groups in total. The van der Waals surface area contributed by atoms with Crippen LogP contribution in [0.1, 0.15) is 11.1 Å². The maximum atomic E-state index is 12.9. The summed E-state index contributed by atoms with van der Waals surface area (Å²) in [6.45, 7) is 0.385. The molecule has 4 nitrogen and oxygen atoms in total. The normalized spacial score (nSPS) is 10.8. The van der Waals surface area contributed by atoms with Gasteiger partial charge in [0.1, 0.15) is 12.4 Å². The molecule has 0 heterocycles. The van der Waals surface area contributed by atoms with Gasteiger partial charge in [0.25, 0.3) is 0 Å². The van der Waals surface area contributed by atoms with Crippen LogP contribution in [0.4, 0.5) is 10.1 Å². The molecular formula is C21H18ClFN2O2. The van der Waals surface area contributed by atoms with Crippen molar-refractivity contribution in [3.63, 3.8) is 0 Å². The van der Waals surface area contributed by atoms with E-state index in [-0.39, 0.29) is 5.82 Å². The monoisotopic (exact) mass is 384 g/mol. The van der Waals surface area contributed by atoms with E-state index in [1.807, 2.05) is 42.5 Å². The predicted molar refractivity (Wildman–Crippen MR) is 106 cm³/mol. The van der Waals surface area contributed by atoms with Gasteiger partial charge in [-0.25, -0.2) is 4.39 Å². The maximum Gasteiger partial charge on any atom is 0.161 e. The highest BCUT2D eigenvalue weighted by Crippen LogP contribution is 2.28. The minimum Gasteiger partial charge on any atom is -0.493 e. The molecule has 0 unspecified atom stereocenters. The summed E-state index contributed by atoms with van der Waals surface area (Å²) < 4.78 is 24.1. The number of benzene rings is 3. The van der Waals surface area contributed by atoms with Crippen molar-refractivity contribution in [2.24, 2.45) is 5.10 Å². The van der Waals surface area contributed by atoms with Crippen LogP contribution in [0.15, 0.2) is 71.8 Å². The Morgan fingerprint density at radius 1 is 1.04 bits per heavy atom. The first-order chi connectivity index (χ1) is 13.1. The van der Waals surface area contributed by atoms with Crippen LogP contribution in [-0.2, 0) is 6.61 Å². The van der Waals surface area contributed by atoms with Gasteiger partial charge in [-0.15, -0.1) is 0 Å². The second-order valence-corrected chi connectivity index (χ2v) is 6.14. The Balaban J connectivity index is 1.64. The molecule has 0 amide bonds. The quantitative estimate of drug-likeness (QED) is 0.431. The van der Waals surface area contributed by atoms with E-state index in [4.69, 9.17) is 21.1 Å². The van der Waals surface area contributed by atoms with E-state index in [2.05, 4.69) is 10.5 Å². The van der Waals surface area contributed by atoms with E-state index in [0.717, 1.165) is 11.1 Å². The van der Waals surface area contributed by atoms with Crippen molar-refractivity contribution in [2.75, 3.05) is 12.5 Å². The fourth-order valence-electron chi connectivity index (χ4n) is 2.38. The second-order valence-electron chi connectivity index (χ2n) is 5.71. The van der Waals surface area contributed by atoms with Crippen LogP contribution in [0.5, 0.6) is 11.5 Å². The Bertz CT molecular complexity index is 930. The third-order valence-corrected chi connectivity index (χ3v) is 3.96. The highest BCUT2D eigenvalue weighted by Gasteiger charge is 2.06. The lowest BCUT2D eigenvalue weighted by molar-refractivity contribution is 0.284. The summed E-state index contributed by atoms with van der Waals surface area (Å²) in [5.74, 6) is 0.937. The summed E-state index contributed by atoms with van der Waals surface area (Å²) in [7, 11) is 1.58. The van der Waals surface area contributed by atoms with Crippen molar-refractivity contribution in [1.82, 2.24) is 0 Å². The predicted octanol–water partition coefficient (Wildman–Crippen LogP) is 5.51. The lowest BCUT2D eigenvalue weighted by Crippen LogP contribution is -1.98. The Hall–Kier alpha value is -3.05. The number of hydrogen-bond donors (Lipinski definition) is 1. The van der Waals surface area contributed by atoms with E-state index < -0.39 is 0 Å². The highest BCUT2D eigenvalue weighted by molar-refractivity contribution is 6.30. The Labute approximate surface area is 162 Å². The largest absolute Gasteiger partial charge is 0.493 e. The molecule has 6 heteroatoms. The van der Waals surface area contributed by atoms with Gasteiger partial charge in [0, 0.05) is 5.02 Å². The lowest BCUT2D eigenvalue weighted by atomic mass is 10.2. The summed E-state index contributed by atoms with van der Waals surface area (Å²) in [6, 6.07) is 19.0. The van der Waals surface area contributed by atoms with E-state index in [1.165, 1.54) is 12.1 Å². The number of hydrazone groups is 1. The van der Waals surface area contributed by atoms with Crippen LogP contribution < -0.4 is 14.9 Å². The van der Waals surface area contributed by atoms with Gasteiger partial charge in [-0.1, -0.05) is 23.7 Å². The summed E-state index contributed by atoms with van der Waals surface area (Å²) in [5.41, 5.74) is 5.34. The average molecular weight is 385 g/mol. The SMILES string of the molecule is COc1cc(/C=N/Nc2ccc(F)cc2)ccc1OCc1cccc(Cl)c1. The molecule has 27 heavy (non-hydrogen) atoms. The van der Waals surface area contributed by atoms with E-state index in [9.17, 15) is 4.39 Å². The van der Waals surface area contributed by atoms with Crippen LogP contribution in [0.2, 0.25) is 5.02 Å². The molecule has 0 aromatic heterocycles. The molecule has 3 aromatic carbocycles. The van der Waals surface area contributed by atoms with E-state index in [1.54, 1.807) is 25.5 Å². The molecule has 0 saturated carbocycles. The number of nitrogens with zero attached hydrogens (tertiary/aromatic N) is 1. The molecule has 0 saturated heterocycles. The third kappa shape index (κ3) is 5.46. The van der Waals surface area contributed by atoms with Crippen LogP contribution in [-0.4, -0.2) is 13.3 Å². The van der Waals surface area contributed by atoms with Crippen molar-refractivity contribution in [3.05, 3.63) is 88.7 Å². The number of nitrogens with one attached hydrogen (secondary N) is 1. The summed E-state index contributed by atoms with van der Waals surface area (Å²) >= 11 is 5.99. The first kappa shape index (κ1) is 18.7. The van der Waals surface area contributed by atoms with Crippen molar-refractivity contribution < 1.29 is 13.9 Å².